The molecule has 0 radical (unpaired) electrons. The van der Waals surface area contributed by atoms with Crippen LogP contribution in [-0.4, -0.2) is 41.2 Å². The molecule has 2 unspecified atom stereocenters. The van der Waals surface area contributed by atoms with Gasteiger partial charge in [-0.05, 0) is 80.1 Å². The number of nitrogens with zero attached hydrogens (tertiary/aromatic N) is 1. The van der Waals surface area contributed by atoms with Crippen LogP contribution in [0.5, 0.6) is 5.75 Å². The molecule has 40 heavy (non-hydrogen) atoms. The van der Waals surface area contributed by atoms with Crippen LogP contribution >= 0.6 is 11.8 Å². The van der Waals surface area contributed by atoms with Crippen molar-refractivity contribution in [3.8, 4) is 5.75 Å². The number of nitrogens with one attached hydrogen (secondary N) is 1. The fourth-order valence-electron chi connectivity index (χ4n) is 5.59. The molecule has 2 atom stereocenters. The summed E-state index contributed by atoms with van der Waals surface area (Å²) in [6.07, 6.45) is 7.36. The summed E-state index contributed by atoms with van der Waals surface area (Å²) in [6, 6.07) is 24.3. The van der Waals surface area contributed by atoms with Crippen molar-refractivity contribution in [2.24, 2.45) is 0 Å². The Balaban J connectivity index is 1.22. The lowest BCUT2D eigenvalue weighted by atomic mass is 9.92. The highest BCUT2D eigenvalue weighted by Crippen LogP contribution is 2.42. The highest BCUT2D eigenvalue weighted by molar-refractivity contribution is 8.04. The number of aryl methyl sites for hydroxylation is 1. The van der Waals surface area contributed by atoms with Crippen LogP contribution in [0.3, 0.4) is 0 Å². The molecule has 2 aliphatic rings. The predicted octanol–water partition coefficient (Wildman–Crippen LogP) is 6.79. The van der Waals surface area contributed by atoms with Crippen LogP contribution < -0.4 is 10.1 Å². The third-order valence-corrected chi connectivity index (χ3v) is 9.06. The largest absolute Gasteiger partial charge is 0.494 e. The van der Waals surface area contributed by atoms with Crippen molar-refractivity contribution in [1.29, 1.82) is 0 Å². The van der Waals surface area contributed by atoms with Crippen molar-refractivity contribution < 1.29 is 14.3 Å². The zero-order chi connectivity index (χ0) is 27.9. The van der Waals surface area contributed by atoms with Gasteiger partial charge in [0.05, 0.1) is 11.5 Å². The quantitative estimate of drug-likeness (QED) is 0.296. The Bertz CT molecular complexity index is 1350. The molecular weight excluding hydrogens is 516 g/mol. The number of hydrogen-bond donors (Lipinski definition) is 1. The molecule has 1 aliphatic carbocycles. The number of amides is 2. The van der Waals surface area contributed by atoms with E-state index in [-0.39, 0.29) is 17.9 Å². The van der Waals surface area contributed by atoms with E-state index in [1.165, 1.54) is 24.0 Å². The first-order valence-corrected chi connectivity index (χ1v) is 15.2. The molecule has 1 N–H and O–H groups in total. The zero-order valence-electron chi connectivity index (χ0n) is 23.4. The highest BCUT2D eigenvalue weighted by Gasteiger charge is 2.40. The molecule has 5 rings (SSSR count). The van der Waals surface area contributed by atoms with Crippen molar-refractivity contribution in [3.63, 3.8) is 0 Å². The summed E-state index contributed by atoms with van der Waals surface area (Å²) in [6.45, 7) is 5.91. The van der Waals surface area contributed by atoms with Crippen molar-refractivity contribution in [3.05, 3.63) is 106 Å². The first-order chi connectivity index (χ1) is 19.5. The second-order valence-electron chi connectivity index (χ2n) is 10.6. The Labute approximate surface area is 242 Å². The van der Waals surface area contributed by atoms with E-state index in [1.54, 1.807) is 11.8 Å². The Morgan fingerprint density at radius 1 is 1.02 bits per heavy atom. The van der Waals surface area contributed by atoms with Crippen molar-refractivity contribution in [2.45, 2.75) is 63.8 Å². The summed E-state index contributed by atoms with van der Waals surface area (Å²) in [5.41, 5.74) is 5.10. The van der Waals surface area contributed by atoms with E-state index in [4.69, 9.17) is 4.74 Å². The molecular formula is C34H38N2O3S. The number of rotatable bonds is 9. The van der Waals surface area contributed by atoms with Gasteiger partial charge >= 0.3 is 0 Å². The molecule has 1 saturated carbocycles. The Hall–Kier alpha value is -3.51. The van der Waals surface area contributed by atoms with Gasteiger partial charge in [-0.1, -0.05) is 66.9 Å². The molecule has 3 aromatic rings. The molecule has 3 aromatic carbocycles. The van der Waals surface area contributed by atoms with Crippen LogP contribution in [0, 0.1) is 6.92 Å². The summed E-state index contributed by atoms with van der Waals surface area (Å²) in [4.78, 5) is 29.3. The summed E-state index contributed by atoms with van der Waals surface area (Å²) in [5, 5.41) is 3.44. The maximum atomic E-state index is 13.7. The molecule has 0 bridgehead atoms. The van der Waals surface area contributed by atoms with Gasteiger partial charge in [-0.25, -0.2) is 0 Å². The second kappa shape index (κ2) is 13.2. The fraction of sp³-hybridized carbons (Fsp3) is 0.353. The van der Waals surface area contributed by atoms with E-state index in [1.807, 2.05) is 61.5 Å². The number of ether oxygens (including phenoxy) is 1. The number of benzene rings is 3. The Kier molecular flexibility index (Phi) is 9.27. The topological polar surface area (TPSA) is 58.6 Å². The summed E-state index contributed by atoms with van der Waals surface area (Å²) in [7, 11) is 0. The lowest BCUT2D eigenvalue weighted by Gasteiger charge is -2.44. The number of fused-ring (bicyclic) bond motifs is 1. The van der Waals surface area contributed by atoms with Gasteiger partial charge in [-0.3, -0.25) is 9.59 Å². The minimum Gasteiger partial charge on any atom is -0.494 e. The molecule has 6 heteroatoms. The Morgan fingerprint density at radius 2 is 1.80 bits per heavy atom. The molecule has 0 aromatic heterocycles. The standard InChI is InChI=1S/C34H38N2O3S/c1-3-39-29-17-13-25(14-18-29)19-20-35-33(37)28-15-11-26(12-16-28)22-32-34(38)36(23-27-8-6-7-24(2)21-27)30-9-4-5-10-31(30)40-32/h6-8,11-18,21-22,30-31H,3-5,9-10,19-20,23H2,1-2H3,(H,35,37)/b32-22+. The van der Waals surface area contributed by atoms with Crippen LogP contribution in [-0.2, 0) is 17.8 Å². The average molecular weight is 555 g/mol. The minimum atomic E-state index is -0.0948. The van der Waals surface area contributed by atoms with E-state index in [0.717, 1.165) is 41.0 Å². The van der Waals surface area contributed by atoms with E-state index in [0.29, 0.717) is 30.5 Å². The predicted molar refractivity (Wildman–Crippen MR) is 163 cm³/mol. The zero-order valence-corrected chi connectivity index (χ0v) is 24.2. The minimum absolute atomic E-state index is 0.0948. The summed E-state index contributed by atoms with van der Waals surface area (Å²) < 4.78 is 5.49. The molecule has 1 saturated heterocycles. The third kappa shape index (κ3) is 6.97. The van der Waals surface area contributed by atoms with Crippen LogP contribution in [0.2, 0.25) is 0 Å². The lowest BCUT2D eigenvalue weighted by Crippen LogP contribution is -2.50. The molecule has 1 aliphatic heterocycles. The van der Waals surface area contributed by atoms with Gasteiger partial charge in [-0.15, -0.1) is 11.8 Å². The van der Waals surface area contributed by atoms with Crippen LogP contribution in [0.15, 0.2) is 77.7 Å². The normalized spacial score (nSPS) is 19.8. The molecule has 1 heterocycles. The molecule has 5 nitrogen and oxygen atoms in total. The van der Waals surface area contributed by atoms with Crippen LogP contribution in [0.4, 0.5) is 0 Å². The van der Waals surface area contributed by atoms with Crippen molar-refractivity contribution in [2.75, 3.05) is 13.2 Å². The second-order valence-corrected chi connectivity index (χ2v) is 11.9. The Morgan fingerprint density at radius 3 is 2.55 bits per heavy atom. The van der Waals surface area contributed by atoms with Gasteiger partial charge in [0.2, 0.25) is 0 Å². The number of carbonyl (C=O) groups excluding carboxylic acids is 2. The lowest BCUT2D eigenvalue weighted by molar-refractivity contribution is -0.130. The van der Waals surface area contributed by atoms with Gasteiger partial charge in [0.15, 0.2) is 0 Å². The van der Waals surface area contributed by atoms with Crippen LogP contribution in [0.25, 0.3) is 6.08 Å². The van der Waals surface area contributed by atoms with E-state index >= 15 is 0 Å². The van der Waals surface area contributed by atoms with Gasteiger partial charge in [0.1, 0.15) is 5.75 Å². The molecule has 208 valence electrons. The average Bonchev–Trinajstić information content (AvgIpc) is 2.97. The monoisotopic (exact) mass is 554 g/mol. The van der Waals surface area contributed by atoms with Crippen molar-refractivity contribution in [1.82, 2.24) is 10.2 Å². The van der Waals surface area contributed by atoms with Crippen molar-refractivity contribution >= 4 is 29.7 Å². The van der Waals surface area contributed by atoms with Crippen LogP contribution in [0.1, 0.15) is 65.2 Å². The van der Waals surface area contributed by atoms with E-state index in [9.17, 15) is 9.59 Å². The summed E-state index contributed by atoms with van der Waals surface area (Å²) >= 11 is 1.74. The third-order valence-electron chi connectivity index (χ3n) is 7.66. The number of hydrogen-bond acceptors (Lipinski definition) is 4. The number of thioether (sulfide) groups is 1. The fourth-order valence-corrected chi connectivity index (χ4v) is 7.07. The SMILES string of the molecule is CCOc1ccc(CCNC(=O)c2ccc(/C=C3/SC4CCCCC4N(Cc4cccc(C)c4)C3=O)cc2)cc1. The van der Waals surface area contributed by atoms with Gasteiger partial charge in [-0.2, -0.15) is 0 Å². The number of carbonyl (C=O) groups is 2. The molecule has 2 fully saturated rings. The maximum Gasteiger partial charge on any atom is 0.260 e. The van der Waals surface area contributed by atoms with E-state index in [2.05, 4.69) is 41.4 Å². The van der Waals surface area contributed by atoms with Gasteiger partial charge < -0.3 is 15.0 Å². The van der Waals surface area contributed by atoms with Gasteiger partial charge in [0.25, 0.3) is 11.8 Å². The van der Waals surface area contributed by atoms with E-state index < -0.39 is 0 Å². The first kappa shape index (κ1) is 28.0. The highest BCUT2D eigenvalue weighted by atomic mass is 32.2. The summed E-state index contributed by atoms with van der Waals surface area (Å²) in [5.74, 6) is 0.879. The molecule has 0 spiro atoms. The molecule has 2 amide bonds. The maximum absolute atomic E-state index is 13.7. The first-order valence-electron chi connectivity index (χ1n) is 14.3. The smallest absolute Gasteiger partial charge is 0.260 e. The van der Waals surface area contributed by atoms with Gasteiger partial charge in [0, 0.05) is 29.9 Å².